The molecule has 0 unspecified atom stereocenters. The summed E-state index contributed by atoms with van der Waals surface area (Å²) in [4.78, 5) is 6.48. The molecule has 19 heavy (non-hydrogen) atoms. The number of aliphatic imine (C=N–C) groups is 1. The second kappa shape index (κ2) is 7.63. The number of guanidine groups is 1. The molecule has 2 rings (SSSR count). The Morgan fingerprint density at radius 3 is 2.74 bits per heavy atom. The van der Waals surface area contributed by atoms with Crippen molar-refractivity contribution in [2.75, 3.05) is 44.7 Å². The highest BCUT2D eigenvalue weighted by atomic mass is 16.5. The van der Waals surface area contributed by atoms with E-state index in [1.54, 1.807) is 0 Å². The molecule has 0 aromatic heterocycles. The van der Waals surface area contributed by atoms with E-state index >= 15 is 0 Å². The van der Waals surface area contributed by atoms with Gasteiger partial charge in [0.15, 0.2) is 5.96 Å². The molecule has 1 heterocycles. The first-order chi connectivity index (χ1) is 9.36. The molecule has 0 aliphatic carbocycles. The Balaban J connectivity index is 1.62. The number of hydrogen-bond acceptors (Lipinski definition) is 3. The summed E-state index contributed by atoms with van der Waals surface area (Å²) in [6.45, 7) is 4.83. The smallest absolute Gasteiger partial charge is 0.191 e. The van der Waals surface area contributed by atoms with Gasteiger partial charge in [0.2, 0.25) is 0 Å². The Morgan fingerprint density at radius 1 is 1.26 bits per heavy atom. The lowest BCUT2D eigenvalue weighted by atomic mass is 10.3. The third-order valence-corrected chi connectivity index (χ3v) is 3.05. The fraction of sp³-hybridized carbons (Fsp3) is 0.500. The van der Waals surface area contributed by atoms with E-state index in [-0.39, 0.29) is 0 Å². The SMILES string of the molecule is NC(=NCCCNc1ccccc1)N1CCOCC1. The second-order valence-electron chi connectivity index (χ2n) is 4.49. The van der Waals surface area contributed by atoms with E-state index in [0.717, 1.165) is 51.5 Å². The number of morpholine rings is 1. The Labute approximate surface area is 114 Å². The lowest BCUT2D eigenvalue weighted by molar-refractivity contribution is 0.0674. The van der Waals surface area contributed by atoms with Crippen LogP contribution in [0.2, 0.25) is 0 Å². The number of nitrogens with one attached hydrogen (secondary N) is 1. The average Bonchev–Trinajstić information content (AvgIpc) is 2.49. The summed E-state index contributed by atoms with van der Waals surface area (Å²) in [6.07, 6.45) is 0.972. The lowest BCUT2D eigenvalue weighted by Crippen LogP contribution is -2.44. The topological polar surface area (TPSA) is 62.9 Å². The van der Waals surface area contributed by atoms with Gasteiger partial charge in [0, 0.05) is 31.9 Å². The van der Waals surface area contributed by atoms with Gasteiger partial charge in [0.05, 0.1) is 13.2 Å². The summed E-state index contributed by atoms with van der Waals surface area (Å²) in [5.74, 6) is 0.642. The van der Waals surface area contributed by atoms with Gasteiger partial charge in [-0.05, 0) is 18.6 Å². The van der Waals surface area contributed by atoms with Crippen molar-refractivity contribution in [3.63, 3.8) is 0 Å². The van der Waals surface area contributed by atoms with Gasteiger partial charge in [-0.25, -0.2) is 0 Å². The van der Waals surface area contributed by atoms with Crippen LogP contribution < -0.4 is 11.1 Å². The van der Waals surface area contributed by atoms with Crippen molar-refractivity contribution >= 4 is 11.6 Å². The van der Waals surface area contributed by atoms with Crippen LogP contribution in [0.1, 0.15) is 6.42 Å². The maximum Gasteiger partial charge on any atom is 0.191 e. The van der Waals surface area contributed by atoms with Crippen molar-refractivity contribution < 1.29 is 4.74 Å². The van der Waals surface area contributed by atoms with E-state index in [1.165, 1.54) is 0 Å². The molecule has 1 aliphatic rings. The zero-order valence-corrected chi connectivity index (χ0v) is 11.2. The minimum Gasteiger partial charge on any atom is -0.385 e. The van der Waals surface area contributed by atoms with Gasteiger partial charge in [-0.1, -0.05) is 18.2 Å². The summed E-state index contributed by atoms with van der Waals surface area (Å²) < 4.78 is 5.28. The summed E-state index contributed by atoms with van der Waals surface area (Å²) in [5.41, 5.74) is 7.09. The summed E-state index contributed by atoms with van der Waals surface area (Å²) >= 11 is 0. The van der Waals surface area contributed by atoms with Crippen LogP contribution in [0.25, 0.3) is 0 Å². The van der Waals surface area contributed by atoms with Crippen molar-refractivity contribution in [2.45, 2.75) is 6.42 Å². The molecule has 3 N–H and O–H groups in total. The standard InChI is InChI=1S/C14H22N4O/c15-14(18-9-11-19-12-10-18)17-8-4-7-16-13-5-2-1-3-6-13/h1-3,5-6,16H,4,7-12H2,(H2,15,17). The van der Waals surface area contributed by atoms with E-state index in [4.69, 9.17) is 10.5 Å². The predicted octanol–water partition coefficient (Wildman–Crippen LogP) is 1.14. The molecule has 5 nitrogen and oxygen atoms in total. The molecule has 1 fully saturated rings. The first-order valence-corrected chi connectivity index (χ1v) is 6.78. The first kappa shape index (κ1) is 13.7. The van der Waals surface area contributed by atoms with Crippen LogP contribution in [0.5, 0.6) is 0 Å². The Kier molecular flexibility index (Phi) is 5.49. The number of nitrogens with zero attached hydrogens (tertiary/aromatic N) is 2. The van der Waals surface area contributed by atoms with Crippen LogP contribution in [-0.2, 0) is 4.74 Å². The van der Waals surface area contributed by atoms with Crippen LogP contribution >= 0.6 is 0 Å². The van der Waals surface area contributed by atoms with Crippen molar-refractivity contribution in [1.82, 2.24) is 4.90 Å². The molecule has 104 valence electrons. The highest BCUT2D eigenvalue weighted by Crippen LogP contribution is 2.04. The molecule has 0 saturated carbocycles. The van der Waals surface area contributed by atoms with E-state index in [1.807, 2.05) is 18.2 Å². The van der Waals surface area contributed by atoms with Crippen LogP contribution in [0.15, 0.2) is 35.3 Å². The van der Waals surface area contributed by atoms with Crippen molar-refractivity contribution in [3.05, 3.63) is 30.3 Å². The average molecular weight is 262 g/mol. The van der Waals surface area contributed by atoms with Gasteiger partial charge >= 0.3 is 0 Å². The molecular weight excluding hydrogens is 240 g/mol. The van der Waals surface area contributed by atoms with Crippen LogP contribution in [0.3, 0.4) is 0 Å². The van der Waals surface area contributed by atoms with Gasteiger partial charge in [0.1, 0.15) is 0 Å². The first-order valence-electron chi connectivity index (χ1n) is 6.78. The Bertz CT molecular complexity index is 388. The minimum atomic E-state index is 0.642. The molecule has 0 spiro atoms. The van der Waals surface area contributed by atoms with Gasteiger partial charge in [0.25, 0.3) is 0 Å². The van der Waals surface area contributed by atoms with E-state index < -0.39 is 0 Å². The third kappa shape index (κ3) is 4.79. The molecular formula is C14H22N4O. The van der Waals surface area contributed by atoms with E-state index in [0.29, 0.717) is 5.96 Å². The number of ether oxygens (including phenoxy) is 1. The number of benzene rings is 1. The third-order valence-electron chi connectivity index (χ3n) is 3.05. The molecule has 1 aliphatic heterocycles. The number of para-hydroxylation sites is 1. The summed E-state index contributed by atoms with van der Waals surface area (Å²) in [5, 5.41) is 3.35. The fourth-order valence-corrected chi connectivity index (χ4v) is 1.95. The van der Waals surface area contributed by atoms with Crippen LogP contribution in [-0.4, -0.2) is 50.3 Å². The molecule has 1 aromatic carbocycles. The number of anilines is 1. The molecule has 0 amide bonds. The van der Waals surface area contributed by atoms with E-state index in [2.05, 4.69) is 27.3 Å². The number of nitrogens with two attached hydrogens (primary N) is 1. The van der Waals surface area contributed by atoms with E-state index in [9.17, 15) is 0 Å². The maximum atomic E-state index is 5.94. The molecule has 1 saturated heterocycles. The van der Waals surface area contributed by atoms with Crippen molar-refractivity contribution in [1.29, 1.82) is 0 Å². The molecule has 0 radical (unpaired) electrons. The molecule has 5 heteroatoms. The number of rotatable bonds is 5. The lowest BCUT2D eigenvalue weighted by Gasteiger charge is -2.27. The maximum absolute atomic E-state index is 5.94. The van der Waals surface area contributed by atoms with Crippen molar-refractivity contribution in [3.8, 4) is 0 Å². The number of hydrogen-bond donors (Lipinski definition) is 2. The minimum absolute atomic E-state index is 0.642. The summed E-state index contributed by atoms with van der Waals surface area (Å²) in [6, 6.07) is 10.2. The molecule has 1 aromatic rings. The van der Waals surface area contributed by atoms with Gasteiger partial charge in [-0.3, -0.25) is 4.99 Å². The Morgan fingerprint density at radius 2 is 2.00 bits per heavy atom. The second-order valence-corrected chi connectivity index (χ2v) is 4.49. The van der Waals surface area contributed by atoms with Crippen LogP contribution in [0, 0.1) is 0 Å². The normalized spacial score (nSPS) is 16.4. The van der Waals surface area contributed by atoms with Crippen molar-refractivity contribution in [2.24, 2.45) is 10.7 Å². The predicted molar refractivity (Wildman–Crippen MR) is 78.4 cm³/mol. The van der Waals surface area contributed by atoms with Gasteiger partial charge < -0.3 is 20.7 Å². The highest BCUT2D eigenvalue weighted by molar-refractivity contribution is 5.78. The zero-order chi connectivity index (χ0) is 13.3. The largest absolute Gasteiger partial charge is 0.385 e. The molecule has 0 atom stereocenters. The molecule has 0 bridgehead atoms. The summed E-state index contributed by atoms with van der Waals surface area (Å²) in [7, 11) is 0. The zero-order valence-electron chi connectivity index (χ0n) is 11.2. The Hall–Kier alpha value is -1.75. The fourth-order valence-electron chi connectivity index (χ4n) is 1.95. The highest BCUT2D eigenvalue weighted by Gasteiger charge is 2.11. The van der Waals surface area contributed by atoms with Crippen LogP contribution in [0.4, 0.5) is 5.69 Å². The quantitative estimate of drug-likeness (QED) is 0.474. The van der Waals surface area contributed by atoms with Gasteiger partial charge in [-0.2, -0.15) is 0 Å². The van der Waals surface area contributed by atoms with Gasteiger partial charge in [-0.15, -0.1) is 0 Å². The monoisotopic (exact) mass is 262 g/mol.